The van der Waals surface area contributed by atoms with Crippen LogP contribution in [0.5, 0.6) is 0 Å². The Balaban J connectivity index is 2.68. The lowest BCUT2D eigenvalue weighted by Gasteiger charge is -2.40. The van der Waals surface area contributed by atoms with Gasteiger partial charge in [-0.1, -0.05) is 32.4 Å². The van der Waals surface area contributed by atoms with Gasteiger partial charge in [-0.2, -0.15) is 0 Å². The number of rotatable bonds is 7. The van der Waals surface area contributed by atoms with Gasteiger partial charge >= 0.3 is 22.2 Å². The molecule has 10 heteroatoms. The number of halogens is 5. The van der Waals surface area contributed by atoms with Gasteiger partial charge in [0.15, 0.2) is 0 Å². The van der Waals surface area contributed by atoms with Crippen molar-refractivity contribution in [2.45, 2.75) is 32.1 Å². The molecule has 0 unspecified atom stereocenters. The highest BCUT2D eigenvalue weighted by Crippen LogP contribution is 3.02. The molecule has 0 amide bonds. The van der Waals surface area contributed by atoms with Crippen molar-refractivity contribution in [1.29, 1.82) is 0 Å². The van der Waals surface area contributed by atoms with Crippen LogP contribution < -0.4 is 0 Å². The fourth-order valence-electron chi connectivity index (χ4n) is 1.55. The van der Waals surface area contributed by atoms with Crippen molar-refractivity contribution < 1.29 is 38.5 Å². The summed E-state index contributed by atoms with van der Waals surface area (Å²) < 4.78 is 73.1. The zero-order chi connectivity index (χ0) is 19.6. The fourth-order valence-corrected chi connectivity index (χ4v) is 2.24. The van der Waals surface area contributed by atoms with E-state index in [0.29, 0.717) is 12.5 Å². The van der Waals surface area contributed by atoms with Crippen LogP contribution >= 0.6 is 10.2 Å². The summed E-state index contributed by atoms with van der Waals surface area (Å²) in [4.78, 5) is 21.2. The maximum absolute atomic E-state index is 12.7. The molecule has 0 radical (unpaired) electrons. The second kappa shape index (κ2) is 6.15. The van der Waals surface area contributed by atoms with Gasteiger partial charge in [-0.25, -0.2) is 4.79 Å². The largest absolute Gasteiger partial charge is 0.462 e. The van der Waals surface area contributed by atoms with E-state index >= 15 is 0 Å². The minimum absolute atomic E-state index is 0.0378. The molecule has 1 aromatic rings. The predicted octanol–water partition coefficient (Wildman–Crippen LogP) is 5.48. The van der Waals surface area contributed by atoms with E-state index in [0.717, 1.165) is 6.07 Å². The zero-order valence-corrected chi connectivity index (χ0v) is 14.7. The first-order valence-electron chi connectivity index (χ1n) is 7.25. The summed E-state index contributed by atoms with van der Waals surface area (Å²) in [5.41, 5.74) is -1.40. The van der Waals surface area contributed by atoms with E-state index in [1.807, 2.05) is 0 Å². The Morgan fingerprint density at radius 1 is 1.04 bits per heavy atom. The first-order chi connectivity index (χ1) is 11.1. The van der Waals surface area contributed by atoms with Crippen LogP contribution in [-0.4, -0.2) is 25.2 Å². The molecule has 0 fully saturated rings. The van der Waals surface area contributed by atoms with Crippen molar-refractivity contribution in [3.63, 3.8) is 0 Å². The Bertz CT molecular complexity index is 670. The van der Waals surface area contributed by atoms with Crippen molar-refractivity contribution in [2.24, 2.45) is 5.41 Å². The van der Waals surface area contributed by atoms with Gasteiger partial charge in [0.05, 0.1) is 11.0 Å². The summed E-state index contributed by atoms with van der Waals surface area (Å²) in [6.07, 6.45) is 0.521. The second-order valence-electron chi connectivity index (χ2n) is 6.01. The van der Waals surface area contributed by atoms with Gasteiger partial charge in [-0.3, -0.25) is 4.79 Å². The molecule has 25 heavy (non-hydrogen) atoms. The Labute approximate surface area is 142 Å². The van der Waals surface area contributed by atoms with E-state index < -0.39 is 44.6 Å². The lowest BCUT2D eigenvalue weighted by atomic mass is 9.91. The first-order valence-corrected chi connectivity index (χ1v) is 9.20. The number of carbonyl (C=O) groups excluding carboxylic acids is 2. The summed E-state index contributed by atoms with van der Waals surface area (Å²) in [5.74, 6) is -1.75. The van der Waals surface area contributed by atoms with Crippen molar-refractivity contribution >= 4 is 22.2 Å². The number of ether oxygens (including phenoxy) is 2. The molecule has 1 aromatic carbocycles. The zero-order valence-electron chi connectivity index (χ0n) is 13.9. The number of esters is 2. The molecule has 0 bridgehead atoms. The normalized spacial score (nSPS) is 15.0. The van der Waals surface area contributed by atoms with Crippen molar-refractivity contribution in [3.05, 3.63) is 29.8 Å². The summed E-state index contributed by atoms with van der Waals surface area (Å²) >= 11 is 0. The Morgan fingerprint density at radius 3 is 2.12 bits per heavy atom. The molecule has 1 rings (SSSR count). The van der Waals surface area contributed by atoms with E-state index in [1.165, 1.54) is 0 Å². The topological polar surface area (TPSA) is 52.6 Å². The van der Waals surface area contributed by atoms with Crippen LogP contribution in [0.3, 0.4) is 0 Å². The van der Waals surface area contributed by atoms with Crippen molar-refractivity contribution in [3.8, 4) is 0 Å². The van der Waals surface area contributed by atoms with E-state index in [4.69, 9.17) is 4.74 Å². The highest BCUT2D eigenvalue weighted by atomic mass is 32.5. The molecule has 0 aromatic heterocycles. The second-order valence-corrected chi connectivity index (χ2v) is 8.42. The Hall–Kier alpha value is -1.84. The standard InChI is InChI=1S/C15H19F5O4S/c1-4-15(2,3)14(22)24-9-8-23-13(21)11-6-5-7-12(10-11)25(16,17,18,19)20/h5-7,10H,4,8-9H2,1-3H3. The van der Waals surface area contributed by atoms with Gasteiger partial charge in [0.2, 0.25) is 0 Å². The summed E-state index contributed by atoms with van der Waals surface area (Å²) in [6.45, 7) is 4.40. The van der Waals surface area contributed by atoms with Crippen molar-refractivity contribution in [1.82, 2.24) is 0 Å². The van der Waals surface area contributed by atoms with Crippen LogP contribution in [-0.2, 0) is 14.3 Å². The van der Waals surface area contributed by atoms with Crippen LogP contribution in [0, 0.1) is 5.41 Å². The van der Waals surface area contributed by atoms with Crippen LogP contribution in [0.2, 0.25) is 0 Å². The molecular formula is C15H19F5O4S. The summed E-state index contributed by atoms with van der Waals surface area (Å²) in [7, 11) is -9.88. The molecule has 0 spiro atoms. The Kier molecular flexibility index (Phi) is 5.22. The highest BCUT2D eigenvalue weighted by Gasteiger charge is 2.65. The van der Waals surface area contributed by atoms with Gasteiger partial charge in [0.1, 0.15) is 18.1 Å². The number of carbonyl (C=O) groups is 2. The molecule has 0 aliphatic rings. The number of benzene rings is 1. The molecule has 0 atom stereocenters. The smallest absolute Gasteiger partial charge is 0.338 e. The third-order valence-corrected chi connectivity index (χ3v) is 4.65. The molecule has 0 aliphatic carbocycles. The third kappa shape index (κ3) is 6.18. The quantitative estimate of drug-likeness (QED) is 0.351. The lowest BCUT2D eigenvalue weighted by Crippen LogP contribution is -2.27. The SMILES string of the molecule is CCC(C)(C)C(=O)OCCOC(=O)c1cccc(S(F)(F)(F)(F)F)c1. The van der Waals surface area contributed by atoms with Gasteiger partial charge in [0, 0.05) is 0 Å². The minimum Gasteiger partial charge on any atom is -0.462 e. The molecule has 0 aliphatic heterocycles. The average molecular weight is 390 g/mol. The maximum atomic E-state index is 12.7. The predicted molar refractivity (Wildman–Crippen MR) is 83.2 cm³/mol. The van der Waals surface area contributed by atoms with E-state index in [1.54, 1.807) is 20.8 Å². The number of hydrogen-bond acceptors (Lipinski definition) is 4. The number of hydrogen-bond donors (Lipinski definition) is 0. The van der Waals surface area contributed by atoms with Crippen molar-refractivity contribution in [2.75, 3.05) is 13.2 Å². The van der Waals surface area contributed by atoms with Crippen LogP contribution in [0.4, 0.5) is 19.4 Å². The molecule has 144 valence electrons. The van der Waals surface area contributed by atoms with Crippen LogP contribution in [0.15, 0.2) is 29.2 Å². The molecule has 4 nitrogen and oxygen atoms in total. The summed E-state index contributed by atoms with van der Waals surface area (Å²) in [6, 6.07) is 1.83. The summed E-state index contributed by atoms with van der Waals surface area (Å²) in [5, 5.41) is 0. The van der Waals surface area contributed by atoms with Gasteiger partial charge in [0.25, 0.3) is 0 Å². The monoisotopic (exact) mass is 390 g/mol. The van der Waals surface area contributed by atoms with Gasteiger partial charge < -0.3 is 9.47 Å². The van der Waals surface area contributed by atoms with E-state index in [2.05, 4.69) is 4.74 Å². The molecule has 0 saturated heterocycles. The molecule has 0 saturated carbocycles. The molecule has 0 heterocycles. The van der Waals surface area contributed by atoms with Crippen LogP contribution in [0.25, 0.3) is 0 Å². The van der Waals surface area contributed by atoms with Gasteiger partial charge in [-0.05, 0) is 38.5 Å². The van der Waals surface area contributed by atoms with E-state index in [9.17, 15) is 29.0 Å². The maximum Gasteiger partial charge on any atom is 0.338 e. The van der Waals surface area contributed by atoms with Gasteiger partial charge in [-0.15, -0.1) is 0 Å². The average Bonchev–Trinajstić information content (AvgIpc) is 2.49. The third-order valence-electron chi connectivity index (χ3n) is 3.50. The highest BCUT2D eigenvalue weighted by molar-refractivity contribution is 8.45. The van der Waals surface area contributed by atoms with Crippen LogP contribution in [0.1, 0.15) is 37.6 Å². The Morgan fingerprint density at radius 2 is 1.60 bits per heavy atom. The fraction of sp³-hybridized carbons (Fsp3) is 0.467. The molecule has 0 N–H and O–H groups in total. The minimum atomic E-state index is -9.88. The lowest BCUT2D eigenvalue weighted by molar-refractivity contribution is -0.155. The van der Waals surface area contributed by atoms with E-state index in [-0.39, 0.29) is 18.7 Å². The first kappa shape index (κ1) is 21.2. The molecular weight excluding hydrogens is 371 g/mol.